The average Bonchev–Trinajstić information content (AvgIpc) is 3.04. The highest BCUT2D eigenvalue weighted by atomic mass is 79.9. The Balaban J connectivity index is 1.73. The van der Waals surface area contributed by atoms with Crippen molar-refractivity contribution in [3.8, 4) is 0 Å². The summed E-state index contributed by atoms with van der Waals surface area (Å²) in [7, 11) is -3.65. The van der Waals surface area contributed by atoms with Crippen molar-refractivity contribution in [3.05, 3.63) is 22.2 Å². The van der Waals surface area contributed by atoms with Crippen molar-refractivity contribution in [2.24, 2.45) is 0 Å². The lowest BCUT2D eigenvalue weighted by atomic mass is 10.0. The highest BCUT2D eigenvalue weighted by molar-refractivity contribution is 9.10. The zero-order chi connectivity index (χ0) is 19.6. The normalized spacial score (nSPS) is 20.7. The fourth-order valence-electron chi connectivity index (χ4n) is 3.94. The summed E-state index contributed by atoms with van der Waals surface area (Å²) < 4.78 is 29.0. The first-order valence-electron chi connectivity index (χ1n) is 9.70. The van der Waals surface area contributed by atoms with Crippen molar-refractivity contribution in [2.45, 2.75) is 56.9 Å². The lowest BCUT2D eigenvalue weighted by molar-refractivity contribution is -0.118. The van der Waals surface area contributed by atoms with Gasteiger partial charge in [0, 0.05) is 42.3 Å². The summed E-state index contributed by atoms with van der Waals surface area (Å²) in [6.07, 6.45) is 4.75. The Morgan fingerprint density at radius 1 is 1.30 bits per heavy atom. The van der Waals surface area contributed by atoms with Crippen molar-refractivity contribution >= 4 is 37.5 Å². The summed E-state index contributed by atoms with van der Waals surface area (Å²) in [5, 5.41) is 0. The van der Waals surface area contributed by atoms with Crippen LogP contribution in [-0.2, 0) is 21.2 Å². The molecule has 0 spiro atoms. The van der Waals surface area contributed by atoms with Gasteiger partial charge in [0.05, 0.1) is 4.90 Å². The van der Waals surface area contributed by atoms with Gasteiger partial charge in [-0.05, 0) is 66.4 Å². The molecular formula is C19H28BrN3O3S. The lowest BCUT2D eigenvalue weighted by Gasteiger charge is -2.33. The number of hydrogen-bond acceptors (Lipinski definition) is 4. The van der Waals surface area contributed by atoms with Crippen LogP contribution in [0.1, 0.15) is 45.1 Å². The molecule has 0 saturated carbocycles. The fraction of sp³-hybridized carbons (Fsp3) is 0.632. The molecule has 8 heteroatoms. The highest BCUT2D eigenvalue weighted by Crippen LogP contribution is 2.35. The predicted molar refractivity (Wildman–Crippen MR) is 111 cm³/mol. The molecule has 0 radical (unpaired) electrons. The Morgan fingerprint density at radius 2 is 2.07 bits per heavy atom. The second-order valence-electron chi connectivity index (χ2n) is 7.34. The number of fused-ring (bicyclic) bond motifs is 1. The maximum atomic E-state index is 12.9. The number of benzene rings is 1. The molecule has 6 nitrogen and oxygen atoms in total. The maximum Gasteiger partial charge on any atom is 0.241 e. The molecule has 2 aliphatic rings. The molecule has 0 aromatic heterocycles. The first kappa shape index (κ1) is 20.8. The van der Waals surface area contributed by atoms with Crippen LogP contribution in [0.3, 0.4) is 0 Å². The Kier molecular flexibility index (Phi) is 6.61. The van der Waals surface area contributed by atoms with Crippen molar-refractivity contribution in [3.63, 3.8) is 0 Å². The molecule has 0 aliphatic carbocycles. The summed E-state index contributed by atoms with van der Waals surface area (Å²) in [5.41, 5.74) is 1.72. The first-order chi connectivity index (χ1) is 12.8. The van der Waals surface area contributed by atoms with E-state index in [4.69, 9.17) is 0 Å². The smallest absolute Gasteiger partial charge is 0.241 e. The third-order valence-corrected chi connectivity index (χ3v) is 7.97. The summed E-state index contributed by atoms with van der Waals surface area (Å²) in [6, 6.07) is 3.97. The molecule has 2 aliphatic heterocycles. The highest BCUT2D eigenvalue weighted by Gasteiger charge is 2.28. The van der Waals surface area contributed by atoms with Crippen molar-refractivity contribution in [1.29, 1.82) is 0 Å². The van der Waals surface area contributed by atoms with Crippen LogP contribution in [0.4, 0.5) is 5.69 Å². The zero-order valence-electron chi connectivity index (χ0n) is 16.0. The van der Waals surface area contributed by atoms with Crippen molar-refractivity contribution in [2.75, 3.05) is 31.1 Å². The summed E-state index contributed by atoms with van der Waals surface area (Å²) in [5.74, 6) is 0.0199. The van der Waals surface area contributed by atoms with E-state index in [9.17, 15) is 13.2 Å². The van der Waals surface area contributed by atoms with Gasteiger partial charge in [-0.25, -0.2) is 13.1 Å². The molecule has 150 valence electrons. The van der Waals surface area contributed by atoms with Gasteiger partial charge in [-0.3, -0.25) is 9.69 Å². The number of nitrogens with zero attached hydrogens (tertiary/aromatic N) is 2. The molecule has 1 atom stereocenters. The van der Waals surface area contributed by atoms with Crippen LogP contribution in [0.25, 0.3) is 0 Å². The van der Waals surface area contributed by atoms with Gasteiger partial charge in [0.1, 0.15) is 0 Å². The number of carbonyl (C=O) groups excluding carboxylic acids is 1. The second kappa shape index (κ2) is 8.59. The summed E-state index contributed by atoms with van der Waals surface area (Å²) in [4.78, 5) is 16.4. The fourth-order valence-corrected chi connectivity index (χ4v) is 6.06. The molecule has 1 amide bonds. The second-order valence-corrected chi connectivity index (χ2v) is 9.93. The van der Waals surface area contributed by atoms with Crippen LogP contribution < -0.4 is 9.62 Å². The lowest BCUT2D eigenvalue weighted by Crippen LogP contribution is -2.42. The number of carbonyl (C=O) groups is 1. The third-order valence-electron chi connectivity index (χ3n) is 5.55. The van der Waals surface area contributed by atoms with Gasteiger partial charge in [-0.2, -0.15) is 0 Å². The monoisotopic (exact) mass is 457 g/mol. The van der Waals surface area contributed by atoms with E-state index in [1.54, 1.807) is 11.0 Å². The van der Waals surface area contributed by atoms with Gasteiger partial charge in [0.15, 0.2) is 0 Å². The number of piperidine rings is 1. The Hall–Kier alpha value is -0.960. The molecule has 2 heterocycles. The minimum atomic E-state index is -3.65. The molecule has 1 aromatic rings. The van der Waals surface area contributed by atoms with Gasteiger partial charge >= 0.3 is 0 Å². The number of hydrogen-bond donors (Lipinski definition) is 1. The van der Waals surface area contributed by atoms with Crippen LogP contribution in [-0.4, -0.2) is 51.4 Å². The number of halogens is 1. The van der Waals surface area contributed by atoms with Gasteiger partial charge in [-0.1, -0.05) is 13.3 Å². The SMILES string of the molecule is CCC(=O)N1CCc2cc(Br)c(S(=O)(=O)NCCN3CCCCC3C)cc21. The molecule has 1 saturated heterocycles. The van der Waals surface area contributed by atoms with Crippen LogP contribution in [0.15, 0.2) is 21.5 Å². The van der Waals surface area contributed by atoms with Crippen molar-refractivity contribution < 1.29 is 13.2 Å². The third kappa shape index (κ3) is 4.55. The first-order valence-corrected chi connectivity index (χ1v) is 12.0. The number of rotatable bonds is 6. The molecule has 27 heavy (non-hydrogen) atoms. The van der Waals surface area contributed by atoms with E-state index in [-0.39, 0.29) is 10.8 Å². The molecule has 3 rings (SSSR count). The van der Waals surface area contributed by atoms with Crippen LogP contribution in [0, 0.1) is 0 Å². The predicted octanol–water partition coefficient (Wildman–Crippen LogP) is 2.90. The van der Waals surface area contributed by atoms with Crippen molar-refractivity contribution in [1.82, 2.24) is 9.62 Å². The molecule has 0 bridgehead atoms. The summed E-state index contributed by atoms with van der Waals surface area (Å²) >= 11 is 3.40. The van der Waals surface area contributed by atoms with E-state index >= 15 is 0 Å². The van der Waals surface area contributed by atoms with E-state index in [1.165, 1.54) is 19.3 Å². The number of anilines is 1. The molecule has 1 N–H and O–H groups in total. The standard InChI is InChI=1S/C19H28BrN3O3S/c1-3-19(24)23-10-7-15-12-16(20)18(13-17(15)23)27(25,26)21-8-11-22-9-5-4-6-14(22)2/h12-14,21H,3-11H2,1-2H3. The molecule has 1 fully saturated rings. The summed E-state index contributed by atoms with van der Waals surface area (Å²) in [6.45, 7) is 6.75. The van der Waals surface area contributed by atoms with Crippen LogP contribution in [0.2, 0.25) is 0 Å². The van der Waals surface area contributed by atoms with Gasteiger partial charge in [-0.15, -0.1) is 0 Å². The number of likely N-dealkylation sites (tertiary alicyclic amines) is 1. The molecule has 1 aromatic carbocycles. The van der Waals surface area contributed by atoms with Crippen LogP contribution in [0.5, 0.6) is 0 Å². The average molecular weight is 458 g/mol. The number of amides is 1. The quantitative estimate of drug-likeness (QED) is 0.712. The van der Waals surface area contributed by atoms with Gasteiger partial charge in [0.25, 0.3) is 0 Å². The Morgan fingerprint density at radius 3 is 2.78 bits per heavy atom. The zero-order valence-corrected chi connectivity index (χ0v) is 18.4. The van der Waals surface area contributed by atoms with E-state index in [0.717, 1.165) is 24.2 Å². The number of sulfonamides is 1. The van der Waals surface area contributed by atoms with Crippen LogP contribution >= 0.6 is 15.9 Å². The van der Waals surface area contributed by atoms with E-state index in [2.05, 4.69) is 32.5 Å². The van der Waals surface area contributed by atoms with E-state index < -0.39 is 10.0 Å². The van der Waals surface area contributed by atoms with Gasteiger partial charge < -0.3 is 4.90 Å². The Bertz CT molecular complexity index is 813. The van der Waals surface area contributed by atoms with Gasteiger partial charge in [0.2, 0.25) is 15.9 Å². The Labute approximate surface area is 170 Å². The number of nitrogens with one attached hydrogen (secondary N) is 1. The minimum absolute atomic E-state index is 0.0199. The molecule has 1 unspecified atom stereocenters. The maximum absolute atomic E-state index is 12.9. The molecular weight excluding hydrogens is 430 g/mol. The van der Waals surface area contributed by atoms with E-state index in [0.29, 0.717) is 36.6 Å². The topological polar surface area (TPSA) is 69.7 Å². The largest absolute Gasteiger partial charge is 0.312 e. The minimum Gasteiger partial charge on any atom is -0.312 e. The van der Waals surface area contributed by atoms with E-state index in [1.807, 2.05) is 13.0 Å².